The Morgan fingerprint density at radius 3 is 1.36 bits per heavy atom. The number of hydrogen-bond donors (Lipinski definition) is 2. The van der Waals surface area contributed by atoms with Gasteiger partial charge < -0.3 is 10.2 Å². The minimum atomic E-state index is -0.561. The van der Waals surface area contributed by atoms with E-state index < -0.39 is 5.41 Å². The Hall–Kier alpha value is -3.52. The van der Waals surface area contributed by atoms with Gasteiger partial charge in [0.25, 0.3) is 0 Å². The Morgan fingerprint density at radius 2 is 0.929 bits per heavy atom. The maximum atomic E-state index is 10.3. The van der Waals surface area contributed by atoms with Crippen LogP contribution in [0.1, 0.15) is 44.9 Å². The van der Waals surface area contributed by atoms with Crippen molar-refractivity contribution in [1.82, 2.24) is 0 Å². The lowest BCUT2D eigenvalue weighted by Crippen LogP contribution is -2.43. The summed E-state index contributed by atoms with van der Waals surface area (Å²) in [5, 5.41) is 20.7. The van der Waals surface area contributed by atoms with Gasteiger partial charge in [0.2, 0.25) is 0 Å². The third kappa shape index (κ3) is 1.73. The summed E-state index contributed by atoms with van der Waals surface area (Å²) in [5.41, 5.74) is 7.88. The van der Waals surface area contributed by atoms with Gasteiger partial charge in [-0.25, -0.2) is 0 Å². The predicted octanol–water partition coefficient (Wildman–Crippen LogP) is 5.29. The molecular weight excluding hydrogens is 344 g/mol. The van der Waals surface area contributed by atoms with E-state index in [4.69, 9.17) is 0 Å². The average molecular weight is 362 g/mol. The number of phenolic OH excluding ortho intramolecular Hbond substituents is 2. The summed E-state index contributed by atoms with van der Waals surface area (Å²) < 4.78 is 0. The van der Waals surface area contributed by atoms with Crippen LogP contribution in [0.4, 0.5) is 0 Å². The highest BCUT2D eigenvalue weighted by molar-refractivity contribution is 5.76. The molecule has 0 aromatic heterocycles. The van der Waals surface area contributed by atoms with Crippen molar-refractivity contribution in [2.75, 3.05) is 0 Å². The van der Waals surface area contributed by atoms with Gasteiger partial charge in [-0.15, -0.1) is 0 Å². The van der Waals surface area contributed by atoms with Gasteiger partial charge in [-0.2, -0.15) is 0 Å². The Kier molecular flexibility index (Phi) is 2.92. The lowest BCUT2D eigenvalue weighted by Gasteiger charge is -2.51. The largest absolute Gasteiger partial charge is 0.508 e. The highest BCUT2D eigenvalue weighted by Gasteiger charge is 2.52. The lowest BCUT2D eigenvalue weighted by atomic mass is 9.51. The smallest absolute Gasteiger partial charge is 0.119 e. The molecule has 0 saturated heterocycles. The maximum absolute atomic E-state index is 10.3. The Balaban J connectivity index is 1.86. The number of benzene rings is 4. The molecule has 7 rings (SSSR count). The molecular formula is C26H18O2. The van der Waals surface area contributed by atoms with Gasteiger partial charge >= 0.3 is 0 Å². The maximum Gasteiger partial charge on any atom is 0.119 e. The molecule has 2 bridgehead atoms. The van der Waals surface area contributed by atoms with E-state index in [-0.39, 0.29) is 17.4 Å². The molecule has 2 heteroatoms. The zero-order valence-corrected chi connectivity index (χ0v) is 15.1. The number of phenols is 2. The molecule has 0 aliphatic heterocycles. The van der Waals surface area contributed by atoms with Crippen molar-refractivity contribution in [2.45, 2.75) is 11.3 Å². The molecule has 0 spiro atoms. The molecule has 2 nitrogen and oxygen atoms in total. The first-order valence-electron chi connectivity index (χ1n) is 9.53. The van der Waals surface area contributed by atoms with Gasteiger partial charge in [-0.05, 0) is 51.1 Å². The van der Waals surface area contributed by atoms with Crippen LogP contribution in [0.3, 0.4) is 0 Å². The zero-order valence-electron chi connectivity index (χ0n) is 15.1. The van der Waals surface area contributed by atoms with Gasteiger partial charge in [0.1, 0.15) is 11.5 Å². The van der Waals surface area contributed by atoms with Crippen molar-refractivity contribution in [2.24, 2.45) is 0 Å². The summed E-state index contributed by atoms with van der Waals surface area (Å²) in [4.78, 5) is 0. The monoisotopic (exact) mass is 362 g/mol. The van der Waals surface area contributed by atoms with Crippen LogP contribution in [-0.4, -0.2) is 10.2 Å². The van der Waals surface area contributed by atoms with Crippen molar-refractivity contribution in [3.05, 3.63) is 130 Å². The lowest BCUT2D eigenvalue weighted by molar-refractivity contribution is 0.447. The number of rotatable bonds is 1. The predicted molar refractivity (Wildman–Crippen MR) is 109 cm³/mol. The first-order valence-corrected chi connectivity index (χ1v) is 9.53. The second-order valence-corrected chi connectivity index (χ2v) is 7.68. The number of aromatic hydroxyl groups is 2. The Morgan fingerprint density at radius 1 is 0.536 bits per heavy atom. The van der Waals surface area contributed by atoms with E-state index >= 15 is 0 Å². The van der Waals surface area contributed by atoms with Crippen LogP contribution < -0.4 is 0 Å². The van der Waals surface area contributed by atoms with Gasteiger partial charge in [0, 0.05) is 12.0 Å². The standard InChI is InChI=1S/C26H18O2/c27-17-13-16(14-18(28)15-17)26-22-10-4-1-7-19(22)25(20-8-2-5-11-23(20)26)21-9-3-6-12-24(21)26/h1-15,25,27-28H. The molecule has 0 atom stereocenters. The van der Waals surface area contributed by atoms with E-state index in [1.54, 1.807) is 12.1 Å². The highest BCUT2D eigenvalue weighted by atomic mass is 16.3. The minimum absolute atomic E-state index is 0.0736. The quantitative estimate of drug-likeness (QED) is 0.417. The Labute approximate surface area is 163 Å². The summed E-state index contributed by atoms with van der Waals surface area (Å²) in [6.45, 7) is 0. The van der Waals surface area contributed by atoms with E-state index in [9.17, 15) is 10.2 Å². The van der Waals surface area contributed by atoms with Crippen molar-refractivity contribution < 1.29 is 10.2 Å². The summed E-state index contributed by atoms with van der Waals surface area (Å²) in [6, 6.07) is 30.7. The van der Waals surface area contributed by atoms with Crippen LogP contribution in [0.25, 0.3) is 0 Å². The Bertz CT molecular complexity index is 1120. The summed E-state index contributed by atoms with van der Waals surface area (Å²) in [6.07, 6.45) is 0. The molecule has 0 fully saturated rings. The average Bonchev–Trinajstić information content (AvgIpc) is 2.72. The van der Waals surface area contributed by atoms with Crippen molar-refractivity contribution in [1.29, 1.82) is 0 Å². The van der Waals surface area contributed by atoms with Gasteiger partial charge in [-0.1, -0.05) is 72.8 Å². The van der Waals surface area contributed by atoms with Crippen molar-refractivity contribution in [3.8, 4) is 11.5 Å². The second kappa shape index (κ2) is 5.26. The molecule has 0 saturated carbocycles. The third-order valence-corrected chi connectivity index (χ3v) is 6.36. The number of hydrogen-bond acceptors (Lipinski definition) is 2. The zero-order chi connectivity index (χ0) is 18.9. The topological polar surface area (TPSA) is 40.5 Å². The molecule has 0 heterocycles. The van der Waals surface area contributed by atoms with E-state index in [0.717, 1.165) is 5.56 Å². The van der Waals surface area contributed by atoms with E-state index in [1.807, 2.05) is 0 Å². The summed E-state index contributed by atoms with van der Waals surface area (Å²) in [7, 11) is 0. The molecule has 134 valence electrons. The van der Waals surface area contributed by atoms with E-state index in [0.29, 0.717) is 0 Å². The molecule has 0 radical (unpaired) electrons. The van der Waals surface area contributed by atoms with Gasteiger partial charge in [0.05, 0.1) is 5.41 Å². The van der Waals surface area contributed by atoms with Crippen molar-refractivity contribution in [3.63, 3.8) is 0 Å². The molecule has 3 aliphatic rings. The van der Waals surface area contributed by atoms with Gasteiger partial charge in [0.15, 0.2) is 0 Å². The van der Waals surface area contributed by atoms with Crippen LogP contribution in [0.5, 0.6) is 11.5 Å². The molecule has 28 heavy (non-hydrogen) atoms. The first kappa shape index (κ1) is 15.5. The first-order chi connectivity index (χ1) is 13.7. The van der Waals surface area contributed by atoms with Crippen LogP contribution in [-0.2, 0) is 5.41 Å². The molecule has 4 aromatic rings. The molecule has 2 N–H and O–H groups in total. The normalized spacial score (nSPS) is 20.9. The van der Waals surface area contributed by atoms with Crippen LogP contribution in [0, 0.1) is 0 Å². The molecule has 0 unspecified atom stereocenters. The van der Waals surface area contributed by atoms with Crippen LogP contribution in [0.15, 0.2) is 91.0 Å². The molecule has 4 aromatic carbocycles. The summed E-state index contributed by atoms with van der Waals surface area (Å²) in [5.74, 6) is 0.352. The fourth-order valence-electron chi connectivity index (χ4n) is 5.49. The van der Waals surface area contributed by atoms with Crippen LogP contribution in [0.2, 0.25) is 0 Å². The van der Waals surface area contributed by atoms with E-state index in [2.05, 4.69) is 72.8 Å². The minimum Gasteiger partial charge on any atom is -0.508 e. The SMILES string of the molecule is Oc1cc(O)cc(C23c4ccccc4C(c4ccccc42)c2ccccc23)c1. The highest BCUT2D eigenvalue weighted by Crippen LogP contribution is 2.61. The fraction of sp³-hybridized carbons (Fsp3) is 0.0769. The molecule has 3 aliphatic carbocycles. The fourth-order valence-corrected chi connectivity index (χ4v) is 5.49. The van der Waals surface area contributed by atoms with Crippen molar-refractivity contribution >= 4 is 0 Å². The van der Waals surface area contributed by atoms with Gasteiger partial charge in [-0.3, -0.25) is 0 Å². The summed E-state index contributed by atoms with van der Waals surface area (Å²) >= 11 is 0. The molecule has 0 amide bonds. The third-order valence-electron chi connectivity index (χ3n) is 6.36. The second-order valence-electron chi connectivity index (χ2n) is 7.68. The van der Waals surface area contributed by atoms with E-state index in [1.165, 1.54) is 39.4 Å². The van der Waals surface area contributed by atoms with Crippen LogP contribution >= 0.6 is 0 Å².